The molecule has 37 heavy (non-hydrogen) atoms. The van der Waals surface area contributed by atoms with E-state index in [1.54, 1.807) is 12.3 Å². The first kappa shape index (κ1) is 26.4. The zero-order valence-electron chi connectivity index (χ0n) is 21.2. The third-order valence-corrected chi connectivity index (χ3v) is 7.00. The maximum Gasteiger partial charge on any atom is 0.234 e. The molecule has 5 rings (SSSR count). The zero-order valence-corrected chi connectivity index (χ0v) is 22.1. The van der Waals surface area contributed by atoms with Gasteiger partial charge in [0.1, 0.15) is 5.75 Å². The van der Waals surface area contributed by atoms with Crippen LogP contribution in [0.2, 0.25) is 0 Å². The van der Waals surface area contributed by atoms with Crippen LogP contribution in [0.5, 0.6) is 5.75 Å². The Kier molecular flexibility index (Phi) is 8.29. The van der Waals surface area contributed by atoms with Crippen LogP contribution in [0.1, 0.15) is 66.5 Å². The predicted octanol–water partition coefficient (Wildman–Crippen LogP) is 6.23. The van der Waals surface area contributed by atoms with Gasteiger partial charge in [0.05, 0.1) is 30.9 Å². The van der Waals surface area contributed by atoms with Gasteiger partial charge in [-0.05, 0) is 72.2 Å². The van der Waals surface area contributed by atoms with E-state index in [-0.39, 0.29) is 30.0 Å². The van der Waals surface area contributed by atoms with Crippen molar-refractivity contribution < 1.29 is 9.90 Å². The fourth-order valence-electron chi connectivity index (χ4n) is 5.02. The van der Waals surface area contributed by atoms with E-state index in [0.29, 0.717) is 19.0 Å². The van der Waals surface area contributed by atoms with E-state index in [2.05, 4.69) is 36.1 Å². The number of halogens is 1. The van der Waals surface area contributed by atoms with Crippen LogP contribution in [0.4, 0.5) is 5.69 Å². The summed E-state index contributed by atoms with van der Waals surface area (Å²) in [6.45, 7) is 5.33. The summed E-state index contributed by atoms with van der Waals surface area (Å²) in [4.78, 5) is 20.4. The molecule has 1 aliphatic carbocycles. The summed E-state index contributed by atoms with van der Waals surface area (Å²) in [5, 5.41) is 14.9. The topological polar surface area (TPSA) is 71.2 Å². The summed E-state index contributed by atoms with van der Waals surface area (Å²) in [5.74, 6) is 0.473. The van der Waals surface area contributed by atoms with Crippen molar-refractivity contribution in [2.45, 2.75) is 58.0 Å². The summed E-state index contributed by atoms with van der Waals surface area (Å²) in [7, 11) is 0. The van der Waals surface area contributed by atoms with Crippen LogP contribution >= 0.6 is 12.4 Å². The van der Waals surface area contributed by atoms with Gasteiger partial charge in [0, 0.05) is 23.6 Å². The number of anilines is 1. The first-order chi connectivity index (χ1) is 17.5. The molecule has 0 spiro atoms. The number of rotatable bonds is 7. The Morgan fingerprint density at radius 3 is 2.65 bits per heavy atom. The lowest BCUT2D eigenvalue weighted by atomic mass is 9.81. The van der Waals surface area contributed by atoms with Crippen LogP contribution in [0.15, 0.2) is 79.3 Å². The number of fused-ring (bicyclic) bond motifs is 1. The Morgan fingerprint density at radius 2 is 1.92 bits per heavy atom. The molecule has 0 fully saturated rings. The number of phenolic OH excluding ortho intramolecular Hbond substituents is 1. The minimum atomic E-state index is -0.283. The molecule has 4 aromatic rings. The Hall–Kier alpha value is -3.64. The van der Waals surface area contributed by atoms with E-state index >= 15 is 0 Å². The third kappa shape index (κ3) is 5.86. The van der Waals surface area contributed by atoms with Crippen molar-refractivity contribution in [1.82, 2.24) is 14.8 Å². The van der Waals surface area contributed by atoms with Gasteiger partial charge in [0.2, 0.25) is 5.91 Å². The number of aromatic nitrogens is 3. The molecule has 0 saturated carbocycles. The molecule has 1 N–H and O–H groups in total. The highest BCUT2D eigenvalue weighted by molar-refractivity contribution is 5.98. The van der Waals surface area contributed by atoms with Gasteiger partial charge in [-0.1, -0.05) is 44.2 Å². The number of phenols is 1. The molecule has 0 saturated heterocycles. The lowest BCUT2D eigenvalue weighted by molar-refractivity contribution is -0.120. The normalized spacial score (nSPS) is 14.6. The number of aromatic hydroxyl groups is 1. The average molecular weight is 517 g/mol. The van der Waals surface area contributed by atoms with Gasteiger partial charge in [-0.15, -0.1) is 12.4 Å². The van der Waals surface area contributed by atoms with Gasteiger partial charge in [-0.2, -0.15) is 5.10 Å². The standard InChI is InChI=1S/C30H32N4O2.ClH/c1-21(2)23-12-14-25(15-13-23)34(19-22-17-32-33(18-22)20-24-7-3-4-16-31-24)30(36)28-10-5-9-27-26(28)8-6-11-29(27)35;/h3-4,6-8,11-18,21,28,35H,5,9-10,19-20H2,1-2H3;1H. The van der Waals surface area contributed by atoms with E-state index in [9.17, 15) is 9.90 Å². The molecule has 1 amide bonds. The second-order valence-electron chi connectivity index (χ2n) is 9.83. The summed E-state index contributed by atoms with van der Waals surface area (Å²) >= 11 is 0. The zero-order chi connectivity index (χ0) is 25.1. The molecule has 0 bridgehead atoms. The average Bonchev–Trinajstić information content (AvgIpc) is 3.34. The van der Waals surface area contributed by atoms with Crippen LogP contribution in [0.3, 0.4) is 0 Å². The SMILES string of the molecule is CC(C)c1ccc(N(Cc2cnn(Cc3ccccn3)c2)C(=O)C2CCCc3c(O)cccc32)cc1.Cl. The molecule has 192 valence electrons. The molecule has 1 atom stereocenters. The summed E-state index contributed by atoms with van der Waals surface area (Å²) in [6.07, 6.45) is 8.04. The molecule has 7 heteroatoms. The molecular weight excluding hydrogens is 484 g/mol. The fraction of sp³-hybridized carbons (Fsp3) is 0.300. The monoisotopic (exact) mass is 516 g/mol. The van der Waals surface area contributed by atoms with Gasteiger partial charge in [-0.25, -0.2) is 0 Å². The molecule has 1 unspecified atom stereocenters. The van der Waals surface area contributed by atoms with Crippen LogP contribution in [-0.2, 0) is 24.3 Å². The Balaban J connectivity index is 0.00000320. The second-order valence-corrected chi connectivity index (χ2v) is 9.83. The number of hydrogen-bond acceptors (Lipinski definition) is 4. The molecule has 0 radical (unpaired) electrons. The van der Waals surface area contributed by atoms with Crippen molar-refractivity contribution in [3.8, 4) is 5.75 Å². The van der Waals surface area contributed by atoms with Crippen LogP contribution in [0.25, 0.3) is 0 Å². The Bertz CT molecular complexity index is 1340. The van der Waals surface area contributed by atoms with Crippen LogP contribution in [0, 0.1) is 0 Å². The number of pyridine rings is 1. The van der Waals surface area contributed by atoms with Crippen molar-refractivity contribution in [2.24, 2.45) is 0 Å². The predicted molar refractivity (Wildman–Crippen MR) is 148 cm³/mol. The highest BCUT2D eigenvalue weighted by atomic mass is 35.5. The molecule has 2 aromatic heterocycles. The van der Waals surface area contributed by atoms with Gasteiger partial charge in [0.15, 0.2) is 0 Å². The molecule has 1 aliphatic rings. The van der Waals surface area contributed by atoms with Gasteiger partial charge >= 0.3 is 0 Å². The van der Waals surface area contributed by atoms with E-state index < -0.39 is 0 Å². The largest absolute Gasteiger partial charge is 0.508 e. The van der Waals surface area contributed by atoms with E-state index in [1.165, 1.54) is 5.56 Å². The van der Waals surface area contributed by atoms with Gasteiger partial charge < -0.3 is 10.0 Å². The lowest BCUT2D eigenvalue weighted by Gasteiger charge is -2.31. The molecular formula is C30H33ClN4O2. The van der Waals surface area contributed by atoms with Gasteiger partial charge in [0.25, 0.3) is 0 Å². The third-order valence-electron chi connectivity index (χ3n) is 7.00. The number of carbonyl (C=O) groups excluding carboxylic acids is 1. The second kappa shape index (κ2) is 11.6. The quantitative estimate of drug-likeness (QED) is 0.316. The smallest absolute Gasteiger partial charge is 0.234 e. The summed E-state index contributed by atoms with van der Waals surface area (Å²) in [5.41, 5.74) is 5.85. The summed E-state index contributed by atoms with van der Waals surface area (Å²) < 4.78 is 1.86. The first-order valence-electron chi connectivity index (χ1n) is 12.6. The molecule has 0 aliphatic heterocycles. The summed E-state index contributed by atoms with van der Waals surface area (Å²) in [6, 6.07) is 19.7. The first-order valence-corrected chi connectivity index (χ1v) is 12.6. The van der Waals surface area contributed by atoms with Crippen LogP contribution in [-0.4, -0.2) is 25.8 Å². The number of hydrogen-bond donors (Lipinski definition) is 1. The van der Waals surface area contributed by atoms with Crippen molar-refractivity contribution in [2.75, 3.05) is 4.90 Å². The number of amides is 1. The molecule has 2 aromatic carbocycles. The van der Waals surface area contributed by atoms with Crippen molar-refractivity contribution in [1.29, 1.82) is 0 Å². The number of carbonyl (C=O) groups is 1. The van der Waals surface area contributed by atoms with Crippen LogP contribution < -0.4 is 4.90 Å². The van der Waals surface area contributed by atoms with E-state index in [1.807, 2.05) is 64.4 Å². The van der Waals surface area contributed by atoms with Gasteiger partial charge in [-0.3, -0.25) is 14.5 Å². The minimum Gasteiger partial charge on any atom is -0.508 e. The minimum absolute atomic E-state index is 0. The van der Waals surface area contributed by atoms with E-state index in [4.69, 9.17) is 0 Å². The van der Waals surface area contributed by atoms with Crippen molar-refractivity contribution >= 4 is 24.0 Å². The lowest BCUT2D eigenvalue weighted by Crippen LogP contribution is -2.36. The number of nitrogens with zero attached hydrogens (tertiary/aromatic N) is 4. The van der Waals surface area contributed by atoms with E-state index in [0.717, 1.165) is 47.3 Å². The maximum atomic E-state index is 14.1. The molecule has 2 heterocycles. The highest BCUT2D eigenvalue weighted by Crippen LogP contribution is 2.38. The highest BCUT2D eigenvalue weighted by Gasteiger charge is 2.32. The number of benzene rings is 2. The fourth-order valence-corrected chi connectivity index (χ4v) is 5.02. The Morgan fingerprint density at radius 1 is 1.11 bits per heavy atom. The maximum absolute atomic E-state index is 14.1. The molecule has 6 nitrogen and oxygen atoms in total. The van der Waals surface area contributed by atoms with Crippen molar-refractivity contribution in [3.05, 3.63) is 107 Å². The van der Waals surface area contributed by atoms with Crippen molar-refractivity contribution in [3.63, 3.8) is 0 Å². The Labute approximate surface area is 224 Å².